The number of benzene rings is 1. The van der Waals surface area contributed by atoms with Crippen molar-refractivity contribution in [1.29, 1.82) is 0 Å². The van der Waals surface area contributed by atoms with Gasteiger partial charge in [-0.25, -0.2) is 23.7 Å². The van der Waals surface area contributed by atoms with Crippen molar-refractivity contribution in [3.63, 3.8) is 0 Å². The van der Waals surface area contributed by atoms with E-state index >= 15 is 0 Å². The summed E-state index contributed by atoms with van der Waals surface area (Å²) < 4.78 is 61.0. The first-order valence-electron chi connectivity index (χ1n) is 11.0. The molecule has 1 aromatic carbocycles. The number of carbonyl (C=O) groups is 1. The van der Waals surface area contributed by atoms with Crippen LogP contribution in [0.4, 0.5) is 33.6 Å². The van der Waals surface area contributed by atoms with Crippen LogP contribution in [0.15, 0.2) is 48.9 Å². The minimum atomic E-state index is -4.64. The van der Waals surface area contributed by atoms with Crippen molar-refractivity contribution in [2.75, 3.05) is 11.9 Å². The van der Waals surface area contributed by atoms with Crippen molar-refractivity contribution in [3.8, 4) is 11.4 Å². The second-order valence-corrected chi connectivity index (χ2v) is 8.16. The van der Waals surface area contributed by atoms with E-state index in [2.05, 4.69) is 30.6 Å². The van der Waals surface area contributed by atoms with Gasteiger partial charge in [0.1, 0.15) is 17.2 Å². The zero-order valence-corrected chi connectivity index (χ0v) is 18.9. The van der Waals surface area contributed by atoms with Crippen LogP contribution in [-0.4, -0.2) is 43.3 Å². The number of pyridine rings is 1. The van der Waals surface area contributed by atoms with Gasteiger partial charge in [0.15, 0.2) is 5.82 Å². The number of rotatable bonds is 3. The third-order valence-electron chi connectivity index (χ3n) is 5.69. The number of halogens is 5. The number of H-pyrrole nitrogens is 1. The maximum atomic E-state index is 14.6. The SMILES string of the molecule is Fc1ccc2ncc(-c3nc(Nc4ccc5[nH]c6c(c5c4)CNCC6)ncc3F)n2c1.O=CC(F)(F)F. The van der Waals surface area contributed by atoms with Crippen molar-refractivity contribution in [2.24, 2.45) is 0 Å². The van der Waals surface area contributed by atoms with Crippen LogP contribution in [0.25, 0.3) is 27.9 Å². The summed E-state index contributed by atoms with van der Waals surface area (Å²) in [5, 5.41) is 7.68. The smallest absolute Gasteiger partial charge is 0.358 e. The van der Waals surface area contributed by atoms with Crippen LogP contribution in [-0.2, 0) is 17.8 Å². The lowest BCUT2D eigenvalue weighted by Gasteiger charge is -2.12. The lowest BCUT2D eigenvalue weighted by atomic mass is 10.1. The predicted octanol–water partition coefficient (Wildman–Crippen LogP) is 4.69. The number of fused-ring (bicyclic) bond motifs is 4. The number of alkyl halides is 3. The van der Waals surface area contributed by atoms with E-state index in [0.29, 0.717) is 11.3 Å². The molecule has 0 spiro atoms. The first kappa shape index (κ1) is 24.3. The molecule has 0 fully saturated rings. The average Bonchev–Trinajstić information content (AvgIpc) is 3.46. The molecule has 0 saturated carbocycles. The van der Waals surface area contributed by atoms with E-state index < -0.39 is 24.1 Å². The van der Waals surface area contributed by atoms with Gasteiger partial charge >= 0.3 is 6.18 Å². The number of anilines is 2. The first-order valence-corrected chi connectivity index (χ1v) is 11.0. The van der Waals surface area contributed by atoms with E-state index in [1.165, 1.54) is 40.2 Å². The molecular weight excluding hydrogens is 497 g/mol. The summed E-state index contributed by atoms with van der Waals surface area (Å²) in [5.74, 6) is -0.820. The van der Waals surface area contributed by atoms with Crippen molar-refractivity contribution in [2.45, 2.75) is 19.1 Å². The third kappa shape index (κ3) is 5.11. The molecule has 1 aliphatic rings. The minimum absolute atomic E-state index is 0.0416. The van der Waals surface area contributed by atoms with Gasteiger partial charge in [0.25, 0.3) is 0 Å². The Bertz CT molecular complexity index is 1610. The van der Waals surface area contributed by atoms with Gasteiger partial charge in [0.05, 0.1) is 18.1 Å². The summed E-state index contributed by atoms with van der Waals surface area (Å²) in [4.78, 5) is 24.8. The fraction of sp³-hybridized carbons (Fsp3) is 0.167. The maximum absolute atomic E-state index is 14.6. The summed E-state index contributed by atoms with van der Waals surface area (Å²) in [7, 11) is 0. The summed E-state index contributed by atoms with van der Waals surface area (Å²) in [6, 6.07) is 8.80. The molecule has 0 amide bonds. The minimum Gasteiger partial charge on any atom is -0.358 e. The van der Waals surface area contributed by atoms with Crippen molar-refractivity contribution in [1.82, 2.24) is 29.7 Å². The number of hydrogen-bond donors (Lipinski definition) is 3. The number of aromatic amines is 1. The van der Waals surface area contributed by atoms with Crippen LogP contribution in [0.1, 0.15) is 11.3 Å². The number of nitrogens with one attached hydrogen (secondary N) is 3. The molecule has 0 atom stereocenters. The Labute approximate surface area is 205 Å². The normalized spacial score (nSPS) is 13.2. The lowest BCUT2D eigenvalue weighted by Crippen LogP contribution is -2.22. The van der Waals surface area contributed by atoms with Crippen LogP contribution < -0.4 is 10.6 Å². The fourth-order valence-corrected chi connectivity index (χ4v) is 4.09. The monoisotopic (exact) mass is 515 g/mol. The zero-order valence-electron chi connectivity index (χ0n) is 18.9. The number of nitrogens with zero attached hydrogens (tertiary/aromatic N) is 4. The van der Waals surface area contributed by atoms with Gasteiger partial charge in [0, 0.05) is 48.0 Å². The highest BCUT2D eigenvalue weighted by Crippen LogP contribution is 2.29. The van der Waals surface area contributed by atoms with Crippen molar-refractivity contribution in [3.05, 3.63) is 71.8 Å². The Kier molecular flexibility index (Phi) is 6.29. The molecule has 1 aliphatic heterocycles. The van der Waals surface area contributed by atoms with Gasteiger partial charge in [-0.15, -0.1) is 0 Å². The van der Waals surface area contributed by atoms with E-state index in [1.54, 1.807) is 0 Å². The molecule has 4 aromatic heterocycles. The molecule has 0 aliphatic carbocycles. The lowest BCUT2D eigenvalue weighted by molar-refractivity contribution is -0.156. The zero-order chi connectivity index (χ0) is 26.2. The number of hydrogen-bond acceptors (Lipinski definition) is 6. The van der Waals surface area contributed by atoms with E-state index in [9.17, 15) is 22.0 Å². The largest absolute Gasteiger partial charge is 0.446 e. The molecule has 5 heterocycles. The molecule has 3 N–H and O–H groups in total. The highest BCUT2D eigenvalue weighted by Gasteiger charge is 2.25. The summed E-state index contributed by atoms with van der Waals surface area (Å²) in [6.07, 6.45) is -0.910. The molecule has 0 saturated heterocycles. The second-order valence-electron chi connectivity index (χ2n) is 8.16. The number of carbonyl (C=O) groups excluding carboxylic acids is 1. The molecule has 190 valence electrons. The summed E-state index contributed by atoms with van der Waals surface area (Å²) >= 11 is 0. The van der Waals surface area contributed by atoms with E-state index in [4.69, 9.17) is 4.79 Å². The predicted molar refractivity (Wildman–Crippen MR) is 125 cm³/mol. The van der Waals surface area contributed by atoms with Gasteiger partial charge in [-0.3, -0.25) is 9.20 Å². The number of aldehydes is 1. The standard InChI is InChI=1S/C22H17F2N7.C2HF3O/c23-12-1-4-20-26-10-19(31(20)11-12)21-16(24)9-27-22(30-21)28-13-2-3-17-14(7-13)15-8-25-6-5-18(15)29-17;3-2(4,5)1-6/h1-4,7,9-11,25,29H,5-6,8H2,(H,27,28,30);1H. The molecule has 37 heavy (non-hydrogen) atoms. The van der Waals surface area contributed by atoms with E-state index in [-0.39, 0.29) is 11.6 Å². The van der Waals surface area contributed by atoms with E-state index in [1.807, 2.05) is 18.2 Å². The molecule has 0 bridgehead atoms. The van der Waals surface area contributed by atoms with Crippen molar-refractivity contribution >= 4 is 34.5 Å². The molecule has 13 heteroatoms. The number of imidazole rings is 1. The first-order chi connectivity index (χ1) is 17.7. The molecule has 0 radical (unpaired) electrons. The van der Waals surface area contributed by atoms with Gasteiger partial charge in [-0.1, -0.05) is 0 Å². The molecule has 8 nitrogen and oxygen atoms in total. The molecule has 5 aromatic rings. The van der Waals surface area contributed by atoms with Crippen LogP contribution >= 0.6 is 0 Å². The van der Waals surface area contributed by atoms with E-state index in [0.717, 1.165) is 42.3 Å². The Morgan fingerprint density at radius 2 is 1.89 bits per heavy atom. The third-order valence-corrected chi connectivity index (χ3v) is 5.69. The fourth-order valence-electron chi connectivity index (χ4n) is 4.09. The Hall–Kier alpha value is -4.39. The Balaban J connectivity index is 0.000000421. The van der Waals surface area contributed by atoms with Crippen LogP contribution in [0.5, 0.6) is 0 Å². The maximum Gasteiger partial charge on any atom is 0.446 e. The van der Waals surface area contributed by atoms with Gasteiger partial charge in [0.2, 0.25) is 12.2 Å². The highest BCUT2D eigenvalue weighted by molar-refractivity contribution is 5.88. The van der Waals surface area contributed by atoms with Gasteiger partial charge in [-0.05, 0) is 35.9 Å². The highest BCUT2D eigenvalue weighted by atomic mass is 19.4. The van der Waals surface area contributed by atoms with Crippen LogP contribution in [0, 0.1) is 11.6 Å². The quantitative estimate of drug-likeness (QED) is 0.238. The number of aromatic nitrogens is 5. The van der Waals surface area contributed by atoms with Gasteiger partial charge < -0.3 is 15.6 Å². The Morgan fingerprint density at radius 1 is 1.08 bits per heavy atom. The molecule has 0 unspecified atom stereocenters. The van der Waals surface area contributed by atoms with Crippen molar-refractivity contribution < 1.29 is 26.7 Å². The van der Waals surface area contributed by atoms with Crippen LogP contribution in [0.2, 0.25) is 0 Å². The summed E-state index contributed by atoms with van der Waals surface area (Å²) in [5.41, 5.74) is 5.28. The van der Waals surface area contributed by atoms with Gasteiger partial charge in [-0.2, -0.15) is 13.2 Å². The molecule has 6 rings (SSSR count). The summed E-state index contributed by atoms with van der Waals surface area (Å²) in [6.45, 7) is 1.78. The van der Waals surface area contributed by atoms with Crippen LogP contribution in [0.3, 0.4) is 0 Å². The second kappa shape index (κ2) is 9.58. The average molecular weight is 515 g/mol. The molecular formula is C24H18F5N7O. The Morgan fingerprint density at radius 3 is 2.68 bits per heavy atom. The topological polar surface area (TPSA) is 100 Å².